The molecule has 5 heteroatoms. The van der Waals surface area contributed by atoms with Crippen molar-refractivity contribution < 1.29 is 19.4 Å². The summed E-state index contributed by atoms with van der Waals surface area (Å²) in [6.07, 6.45) is 6.70. The molecule has 5 nitrogen and oxygen atoms in total. The summed E-state index contributed by atoms with van der Waals surface area (Å²) in [6.45, 7) is 12.6. The summed E-state index contributed by atoms with van der Waals surface area (Å²) in [5.74, 6) is 1.61. The third-order valence-corrected chi connectivity index (χ3v) is 7.97. The maximum absolute atomic E-state index is 10.6. The van der Waals surface area contributed by atoms with Crippen LogP contribution < -0.4 is 0 Å². The number of benzene rings is 1. The lowest BCUT2D eigenvalue weighted by Crippen LogP contribution is -2.58. The van der Waals surface area contributed by atoms with Gasteiger partial charge in [0, 0.05) is 23.6 Å². The SMILES string of the molecule is CCOC1COC(C2CCC(c3ccc(C4CC(C)(C)N(O)C(C)(C)C4)cc3)CC2)OC1. The van der Waals surface area contributed by atoms with Crippen LogP contribution in [0, 0.1) is 5.92 Å². The van der Waals surface area contributed by atoms with Crippen LogP contribution in [-0.4, -0.2) is 53.6 Å². The third-order valence-electron chi connectivity index (χ3n) is 7.97. The highest BCUT2D eigenvalue weighted by Gasteiger charge is 2.45. The highest BCUT2D eigenvalue weighted by Crippen LogP contribution is 2.45. The maximum atomic E-state index is 10.6. The largest absolute Gasteiger partial charge is 0.374 e. The van der Waals surface area contributed by atoms with Crippen LogP contribution >= 0.6 is 0 Å². The number of hydrogen-bond donors (Lipinski definition) is 1. The molecule has 3 fully saturated rings. The molecule has 1 aromatic rings. The smallest absolute Gasteiger partial charge is 0.160 e. The number of rotatable bonds is 5. The molecule has 0 radical (unpaired) electrons. The van der Waals surface area contributed by atoms with Gasteiger partial charge in [0.25, 0.3) is 0 Å². The summed E-state index contributed by atoms with van der Waals surface area (Å²) in [5, 5.41) is 12.2. The first kappa shape index (κ1) is 24.2. The van der Waals surface area contributed by atoms with Crippen molar-refractivity contribution in [2.24, 2.45) is 5.92 Å². The van der Waals surface area contributed by atoms with E-state index in [2.05, 4.69) is 52.0 Å². The summed E-state index contributed by atoms with van der Waals surface area (Å²) in [5.41, 5.74) is 2.45. The van der Waals surface area contributed by atoms with Gasteiger partial charge in [-0.15, -0.1) is 0 Å². The monoisotopic (exact) mass is 445 g/mol. The highest BCUT2D eigenvalue weighted by atomic mass is 16.7. The quantitative estimate of drug-likeness (QED) is 0.615. The molecular formula is C27H43NO4. The number of hydroxylamine groups is 2. The van der Waals surface area contributed by atoms with Crippen LogP contribution in [0.5, 0.6) is 0 Å². The van der Waals surface area contributed by atoms with E-state index >= 15 is 0 Å². The summed E-state index contributed by atoms with van der Waals surface area (Å²) < 4.78 is 17.6. The second-order valence-corrected chi connectivity index (χ2v) is 11.4. The first-order chi connectivity index (χ1) is 15.2. The second-order valence-electron chi connectivity index (χ2n) is 11.4. The summed E-state index contributed by atoms with van der Waals surface area (Å²) in [4.78, 5) is 0. The van der Waals surface area contributed by atoms with Gasteiger partial charge in [0.05, 0.1) is 13.2 Å². The van der Waals surface area contributed by atoms with Crippen molar-refractivity contribution in [3.63, 3.8) is 0 Å². The van der Waals surface area contributed by atoms with Crippen molar-refractivity contribution in [3.8, 4) is 0 Å². The van der Waals surface area contributed by atoms with Gasteiger partial charge in [-0.3, -0.25) is 0 Å². The average molecular weight is 446 g/mol. The van der Waals surface area contributed by atoms with Gasteiger partial charge in [-0.2, -0.15) is 5.06 Å². The minimum Gasteiger partial charge on any atom is -0.374 e. The Labute approximate surface area is 194 Å². The fourth-order valence-electron chi connectivity index (χ4n) is 6.38. The molecule has 1 N–H and O–H groups in total. The topological polar surface area (TPSA) is 51.2 Å². The zero-order valence-electron chi connectivity index (χ0n) is 20.7. The molecule has 180 valence electrons. The minimum absolute atomic E-state index is 0.0564. The molecule has 0 aromatic heterocycles. The van der Waals surface area contributed by atoms with Gasteiger partial charge in [0.1, 0.15) is 6.10 Å². The van der Waals surface area contributed by atoms with Gasteiger partial charge in [-0.1, -0.05) is 24.3 Å². The van der Waals surface area contributed by atoms with E-state index in [1.54, 1.807) is 5.06 Å². The lowest BCUT2D eigenvalue weighted by atomic mass is 9.72. The molecule has 0 atom stereocenters. The number of ether oxygens (including phenoxy) is 3. The molecule has 0 amide bonds. The zero-order chi connectivity index (χ0) is 22.9. The molecule has 2 heterocycles. The van der Waals surface area contributed by atoms with E-state index in [4.69, 9.17) is 14.2 Å². The molecule has 0 bridgehead atoms. The number of nitrogens with zero attached hydrogens (tertiary/aromatic N) is 1. The second kappa shape index (κ2) is 9.71. The van der Waals surface area contributed by atoms with Gasteiger partial charge in [-0.05, 0) is 96.1 Å². The van der Waals surface area contributed by atoms with Crippen molar-refractivity contribution in [3.05, 3.63) is 35.4 Å². The highest BCUT2D eigenvalue weighted by molar-refractivity contribution is 5.29. The Morgan fingerprint density at radius 1 is 0.875 bits per heavy atom. The molecule has 32 heavy (non-hydrogen) atoms. The van der Waals surface area contributed by atoms with Gasteiger partial charge < -0.3 is 19.4 Å². The third kappa shape index (κ3) is 5.23. The standard InChI is InChI=1S/C27H43NO4/c1-6-30-24-17-31-25(32-18-24)22-13-11-20(12-14-22)19-7-9-21(10-8-19)23-15-26(2,3)28(29)27(4,5)16-23/h7-10,20,22-25,29H,6,11-18H2,1-5H3. The van der Waals surface area contributed by atoms with Crippen molar-refractivity contribution in [2.75, 3.05) is 19.8 Å². The molecule has 0 unspecified atom stereocenters. The van der Waals surface area contributed by atoms with Gasteiger partial charge in [0.2, 0.25) is 0 Å². The molecular weight excluding hydrogens is 402 g/mol. The molecule has 3 aliphatic rings. The van der Waals surface area contributed by atoms with Crippen LogP contribution in [0.15, 0.2) is 24.3 Å². The Morgan fingerprint density at radius 3 is 1.88 bits per heavy atom. The van der Waals surface area contributed by atoms with Crippen molar-refractivity contribution >= 4 is 0 Å². The molecule has 2 saturated heterocycles. The van der Waals surface area contributed by atoms with Crippen molar-refractivity contribution in [1.82, 2.24) is 5.06 Å². The van der Waals surface area contributed by atoms with E-state index in [-0.39, 0.29) is 23.5 Å². The fraction of sp³-hybridized carbons (Fsp3) is 0.778. The van der Waals surface area contributed by atoms with E-state index in [1.807, 2.05) is 6.92 Å². The Kier molecular flexibility index (Phi) is 7.33. The van der Waals surface area contributed by atoms with Crippen LogP contribution in [0.3, 0.4) is 0 Å². The molecule has 1 saturated carbocycles. The summed E-state index contributed by atoms with van der Waals surface area (Å²) in [7, 11) is 0. The Balaban J connectivity index is 1.31. The first-order valence-electron chi connectivity index (χ1n) is 12.6. The van der Waals surface area contributed by atoms with Crippen LogP contribution in [0.1, 0.15) is 96.1 Å². The van der Waals surface area contributed by atoms with Crippen LogP contribution in [0.25, 0.3) is 0 Å². The van der Waals surface area contributed by atoms with Crippen LogP contribution in [0.2, 0.25) is 0 Å². The molecule has 2 aliphatic heterocycles. The normalized spacial score (nSPS) is 33.8. The average Bonchev–Trinajstić information content (AvgIpc) is 2.78. The molecule has 4 rings (SSSR count). The van der Waals surface area contributed by atoms with E-state index in [9.17, 15) is 5.21 Å². The predicted octanol–water partition coefficient (Wildman–Crippen LogP) is 5.86. The first-order valence-corrected chi connectivity index (χ1v) is 12.6. The van der Waals surface area contributed by atoms with Crippen LogP contribution in [0.4, 0.5) is 0 Å². The molecule has 1 aromatic carbocycles. The van der Waals surface area contributed by atoms with Crippen molar-refractivity contribution in [2.45, 2.75) is 108 Å². The lowest BCUT2D eigenvalue weighted by molar-refractivity contribution is -0.248. The van der Waals surface area contributed by atoms with Gasteiger partial charge >= 0.3 is 0 Å². The van der Waals surface area contributed by atoms with Gasteiger partial charge in [-0.25, -0.2) is 0 Å². The lowest BCUT2D eigenvalue weighted by Gasteiger charge is -2.51. The number of hydrogen-bond acceptors (Lipinski definition) is 5. The van der Waals surface area contributed by atoms with E-state index in [0.717, 1.165) is 25.7 Å². The van der Waals surface area contributed by atoms with Gasteiger partial charge in [0.15, 0.2) is 6.29 Å². The molecule has 0 spiro atoms. The van der Waals surface area contributed by atoms with Crippen molar-refractivity contribution in [1.29, 1.82) is 0 Å². The van der Waals surface area contributed by atoms with E-state index in [0.29, 0.717) is 37.6 Å². The van der Waals surface area contributed by atoms with E-state index < -0.39 is 0 Å². The maximum Gasteiger partial charge on any atom is 0.160 e. The Bertz CT molecular complexity index is 713. The summed E-state index contributed by atoms with van der Waals surface area (Å²) in [6, 6.07) is 9.39. The summed E-state index contributed by atoms with van der Waals surface area (Å²) >= 11 is 0. The van der Waals surface area contributed by atoms with Crippen LogP contribution in [-0.2, 0) is 14.2 Å². The van der Waals surface area contributed by atoms with E-state index in [1.165, 1.54) is 24.0 Å². The zero-order valence-corrected chi connectivity index (χ0v) is 20.7. The predicted molar refractivity (Wildman–Crippen MR) is 126 cm³/mol. The number of piperidine rings is 1. The fourth-order valence-corrected chi connectivity index (χ4v) is 6.38. The Hall–Kier alpha value is -0.980. The minimum atomic E-state index is -0.213. The molecule has 1 aliphatic carbocycles. The Morgan fingerprint density at radius 2 is 1.38 bits per heavy atom.